The fourth-order valence-electron chi connectivity index (χ4n) is 2.64. The monoisotopic (exact) mass is 451 g/mol. The van der Waals surface area contributed by atoms with Gasteiger partial charge in [0.1, 0.15) is 6.04 Å². The van der Waals surface area contributed by atoms with Gasteiger partial charge in [-0.25, -0.2) is 9.59 Å². The van der Waals surface area contributed by atoms with Gasteiger partial charge in [-0.2, -0.15) is 25.8 Å². The Morgan fingerprint density at radius 3 is 2.37 bits per heavy atom. The second kappa shape index (κ2) is 11.2. The molecule has 2 rings (SSSR count). The summed E-state index contributed by atoms with van der Waals surface area (Å²) < 4.78 is 36.3. The maximum Gasteiger partial charge on any atom is 0.490 e. The highest BCUT2D eigenvalue weighted by Gasteiger charge is 2.44. The van der Waals surface area contributed by atoms with Crippen molar-refractivity contribution >= 4 is 30.5 Å². The van der Waals surface area contributed by atoms with Crippen LogP contribution in [-0.2, 0) is 14.3 Å². The SMILES string of the molecule is CCOC(=O)C(NC(=O)c1cccnc1)C1(S)CCN(C)CC1.O=C(O)C(F)(F)F. The first-order valence-corrected chi connectivity index (χ1v) is 9.44. The number of alkyl halides is 3. The number of ether oxygens (including phenoxy) is 1. The molecule has 0 saturated carbocycles. The Balaban J connectivity index is 0.000000553. The molecule has 1 aromatic heterocycles. The predicted molar refractivity (Wildman–Crippen MR) is 104 cm³/mol. The summed E-state index contributed by atoms with van der Waals surface area (Å²) >= 11 is 4.75. The van der Waals surface area contributed by atoms with Gasteiger partial charge in [-0.05, 0) is 52.0 Å². The second-order valence-electron chi connectivity index (χ2n) is 6.61. The lowest BCUT2D eigenvalue weighted by Gasteiger charge is -2.41. The molecule has 0 spiro atoms. The number of carbonyl (C=O) groups excluding carboxylic acids is 2. The molecule has 1 aromatic rings. The third kappa shape index (κ3) is 7.82. The second-order valence-corrected chi connectivity index (χ2v) is 7.50. The highest BCUT2D eigenvalue weighted by Crippen LogP contribution is 2.32. The lowest BCUT2D eigenvalue weighted by Crippen LogP contribution is -2.58. The first-order valence-electron chi connectivity index (χ1n) is 8.99. The smallest absolute Gasteiger partial charge is 0.475 e. The minimum absolute atomic E-state index is 0.266. The van der Waals surface area contributed by atoms with E-state index in [9.17, 15) is 22.8 Å². The summed E-state index contributed by atoms with van der Waals surface area (Å²) in [4.78, 5) is 39.8. The third-order valence-corrected chi connectivity index (χ3v) is 5.06. The van der Waals surface area contributed by atoms with Crippen LogP contribution in [0.4, 0.5) is 13.2 Å². The summed E-state index contributed by atoms with van der Waals surface area (Å²) in [5, 5.41) is 9.92. The van der Waals surface area contributed by atoms with Crippen LogP contribution in [0.3, 0.4) is 0 Å². The predicted octanol–water partition coefficient (Wildman–Crippen LogP) is 1.77. The van der Waals surface area contributed by atoms with E-state index in [-0.39, 0.29) is 12.5 Å². The number of nitrogens with zero attached hydrogens (tertiary/aromatic N) is 2. The van der Waals surface area contributed by atoms with Gasteiger partial charge in [0.25, 0.3) is 5.91 Å². The van der Waals surface area contributed by atoms with E-state index in [0.29, 0.717) is 18.4 Å². The van der Waals surface area contributed by atoms with Gasteiger partial charge in [0, 0.05) is 17.1 Å². The zero-order valence-electron chi connectivity index (χ0n) is 16.5. The molecule has 1 aliphatic rings. The molecule has 168 valence electrons. The Bertz CT molecular complexity index is 726. The number of amides is 1. The minimum Gasteiger partial charge on any atom is -0.475 e. The number of carbonyl (C=O) groups is 3. The van der Waals surface area contributed by atoms with E-state index in [4.69, 9.17) is 27.3 Å². The molecule has 0 bridgehead atoms. The Morgan fingerprint density at radius 2 is 1.93 bits per heavy atom. The van der Waals surface area contributed by atoms with E-state index >= 15 is 0 Å². The van der Waals surface area contributed by atoms with Crippen LogP contribution < -0.4 is 5.32 Å². The van der Waals surface area contributed by atoms with Gasteiger partial charge in [0.15, 0.2) is 0 Å². The van der Waals surface area contributed by atoms with Crippen LogP contribution in [0.2, 0.25) is 0 Å². The first-order chi connectivity index (χ1) is 13.9. The van der Waals surface area contributed by atoms with Crippen LogP contribution in [0.25, 0.3) is 0 Å². The van der Waals surface area contributed by atoms with Crippen LogP contribution in [0.1, 0.15) is 30.1 Å². The molecule has 2 N–H and O–H groups in total. The minimum atomic E-state index is -5.08. The molecule has 1 fully saturated rings. The maximum atomic E-state index is 12.4. The van der Waals surface area contributed by atoms with E-state index in [1.165, 1.54) is 6.20 Å². The average molecular weight is 451 g/mol. The number of aromatic nitrogens is 1. The number of likely N-dealkylation sites (tertiary alicyclic amines) is 1. The van der Waals surface area contributed by atoms with Crippen LogP contribution in [0.5, 0.6) is 0 Å². The zero-order valence-corrected chi connectivity index (χ0v) is 17.4. The number of hydrogen-bond donors (Lipinski definition) is 3. The normalized spacial score (nSPS) is 17.1. The van der Waals surface area contributed by atoms with Gasteiger partial charge in [-0.1, -0.05) is 0 Å². The highest BCUT2D eigenvalue weighted by atomic mass is 32.1. The molecule has 1 saturated heterocycles. The number of hydrogen-bond acceptors (Lipinski definition) is 7. The van der Waals surface area contributed by atoms with E-state index in [1.807, 2.05) is 7.05 Å². The molecule has 1 atom stereocenters. The van der Waals surface area contributed by atoms with Crippen molar-refractivity contribution in [3.8, 4) is 0 Å². The molecule has 30 heavy (non-hydrogen) atoms. The Morgan fingerprint density at radius 1 is 1.37 bits per heavy atom. The quantitative estimate of drug-likeness (QED) is 0.463. The number of piperidine rings is 1. The van der Waals surface area contributed by atoms with Crippen molar-refractivity contribution in [1.29, 1.82) is 0 Å². The number of pyridine rings is 1. The van der Waals surface area contributed by atoms with Gasteiger partial charge < -0.3 is 20.1 Å². The van der Waals surface area contributed by atoms with Crippen LogP contribution >= 0.6 is 12.6 Å². The Kier molecular flexibility index (Phi) is 9.56. The largest absolute Gasteiger partial charge is 0.490 e. The lowest BCUT2D eigenvalue weighted by molar-refractivity contribution is -0.192. The molecule has 1 aliphatic heterocycles. The van der Waals surface area contributed by atoms with Crippen molar-refractivity contribution < 1.29 is 37.4 Å². The average Bonchev–Trinajstić information content (AvgIpc) is 2.69. The highest BCUT2D eigenvalue weighted by molar-refractivity contribution is 7.82. The van der Waals surface area contributed by atoms with E-state index in [0.717, 1.165) is 13.1 Å². The Hall–Kier alpha value is -2.34. The summed E-state index contributed by atoms with van der Waals surface area (Å²) in [5.74, 6) is -3.54. The molecular weight excluding hydrogens is 427 g/mol. The summed E-state index contributed by atoms with van der Waals surface area (Å²) in [6.45, 7) is 3.66. The van der Waals surface area contributed by atoms with Gasteiger partial charge in [-0.3, -0.25) is 9.78 Å². The van der Waals surface area contributed by atoms with Crippen molar-refractivity contribution in [3.63, 3.8) is 0 Å². The summed E-state index contributed by atoms with van der Waals surface area (Å²) in [6.07, 6.45) is -0.624. The zero-order chi connectivity index (χ0) is 22.9. The lowest BCUT2D eigenvalue weighted by atomic mass is 9.88. The van der Waals surface area contributed by atoms with Crippen molar-refractivity contribution in [2.75, 3.05) is 26.7 Å². The molecule has 1 amide bonds. The van der Waals surface area contributed by atoms with Crippen molar-refractivity contribution in [2.24, 2.45) is 0 Å². The molecular formula is C18H24F3N3O5S. The third-order valence-electron chi connectivity index (χ3n) is 4.35. The topological polar surface area (TPSA) is 109 Å². The number of carboxylic acids is 1. The number of nitrogens with one attached hydrogen (secondary N) is 1. The number of carboxylic acid groups (broad SMARTS) is 1. The van der Waals surface area contributed by atoms with E-state index < -0.39 is 28.9 Å². The molecule has 0 aliphatic carbocycles. The fraction of sp³-hybridized carbons (Fsp3) is 0.556. The van der Waals surface area contributed by atoms with Gasteiger partial charge in [0.05, 0.1) is 12.2 Å². The first kappa shape index (κ1) is 25.7. The number of halogens is 3. The van der Waals surface area contributed by atoms with Gasteiger partial charge in [-0.15, -0.1) is 0 Å². The molecule has 12 heteroatoms. The number of thiol groups is 1. The number of esters is 1. The Labute approximate surface area is 177 Å². The van der Waals surface area contributed by atoms with Gasteiger partial charge >= 0.3 is 18.1 Å². The summed E-state index contributed by atoms with van der Waals surface area (Å²) in [5.41, 5.74) is 0.409. The van der Waals surface area contributed by atoms with Crippen LogP contribution in [0, 0.1) is 0 Å². The summed E-state index contributed by atoms with van der Waals surface area (Å²) in [7, 11) is 2.03. The fourth-order valence-corrected chi connectivity index (χ4v) is 3.01. The van der Waals surface area contributed by atoms with Crippen LogP contribution in [-0.4, -0.2) is 76.5 Å². The number of rotatable bonds is 5. The molecule has 1 unspecified atom stereocenters. The summed E-state index contributed by atoms with van der Waals surface area (Å²) in [6, 6.07) is 2.55. The molecule has 0 radical (unpaired) electrons. The van der Waals surface area contributed by atoms with Crippen LogP contribution in [0.15, 0.2) is 24.5 Å². The van der Waals surface area contributed by atoms with Gasteiger partial charge in [0.2, 0.25) is 0 Å². The van der Waals surface area contributed by atoms with E-state index in [2.05, 4.69) is 15.2 Å². The molecule has 8 nitrogen and oxygen atoms in total. The standard InChI is InChI=1S/C16H23N3O3S.C2HF3O2/c1-3-22-15(21)13(16(23)6-9-19(2)10-7-16)18-14(20)12-5-4-8-17-11-12;3-2(4,5)1(6)7/h4-5,8,11,13,23H,3,6-7,9-10H2,1-2H3,(H,18,20);(H,6,7). The van der Waals surface area contributed by atoms with E-state index in [1.54, 1.807) is 25.3 Å². The number of aliphatic carboxylic acids is 1. The van der Waals surface area contributed by atoms with Crippen molar-refractivity contribution in [2.45, 2.75) is 36.7 Å². The molecule has 0 aromatic carbocycles. The molecule has 2 heterocycles. The maximum absolute atomic E-state index is 12.4. The van der Waals surface area contributed by atoms with Crippen molar-refractivity contribution in [1.82, 2.24) is 15.2 Å². The van der Waals surface area contributed by atoms with Crippen molar-refractivity contribution in [3.05, 3.63) is 30.1 Å².